The largest absolute Gasteiger partial charge is 0.457 e. The third-order valence-corrected chi connectivity index (χ3v) is 11.4. The first-order valence-corrected chi connectivity index (χ1v) is 19.1. The van der Waals surface area contributed by atoms with Crippen molar-refractivity contribution in [3.8, 4) is 45.3 Å². The van der Waals surface area contributed by atoms with Gasteiger partial charge in [0.25, 0.3) is 0 Å². The van der Waals surface area contributed by atoms with Crippen molar-refractivity contribution in [1.29, 1.82) is 0 Å². The molecule has 0 aliphatic carbocycles. The Hall–Kier alpha value is -7.36. The Morgan fingerprint density at radius 1 is 0.357 bits per heavy atom. The summed E-state index contributed by atoms with van der Waals surface area (Å²) in [5.41, 5.74) is 10.1. The average Bonchev–Trinajstić information content (AvgIpc) is 3.27. The highest BCUT2D eigenvalue weighted by molar-refractivity contribution is 5.94. The van der Waals surface area contributed by atoms with Gasteiger partial charge in [0, 0.05) is 27.6 Å². The van der Waals surface area contributed by atoms with Crippen LogP contribution in [-0.4, -0.2) is 9.97 Å². The van der Waals surface area contributed by atoms with Crippen molar-refractivity contribution in [2.75, 3.05) is 0 Å². The van der Waals surface area contributed by atoms with Gasteiger partial charge in [-0.1, -0.05) is 170 Å². The molecule has 0 amide bonds. The first-order valence-electron chi connectivity index (χ1n) is 19.1. The molecule has 10 aromatic rings. The van der Waals surface area contributed by atoms with Gasteiger partial charge in [0.15, 0.2) is 5.82 Å². The number of hydrogen-bond donors (Lipinski definition) is 0. The summed E-state index contributed by atoms with van der Waals surface area (Å²) in [5, 5.41) is 5.86. The van der Waals surface area contributed by atoms with Crippen LogP contribution in [0.2, 0.25) is 0 Å². The third kappa shape index (κ3) is 5.13. The van der Waals surface area contributed by atoms with Gasteiger partial charge in [-0.3, -0.25) is 0 Å². The average molecular weight is 715 g/mol. The molecule has 1 aromatic heterocycles. The monoisotopic (exact) mass is 714 g/mol. The molecule has 0 radical (unpaired) electrons. The van der Waals surface area contributed by atoms with Crippen molar-refractivity contribution in [2.24, 2.45) is 0 Å². The topological polar surface area (TPSA) is 35.0 Å². The van der Waals surface area contributed by atoms with Crippen molar-refractivity contribution in [3.05, 3.63) is 229 Å². The number of para-hydroxylation sites is 2. The van der Waals surface area contributed by atoms with Gasteiger partial charge in [-0.25, -0.2) is 9.97 Å². The molecule has 3 heteroatoms. The zero-order valence-corrected chi connectivity index (χ0v) is 30.4. The van der Waals surface area contributed by atoms with Gasteiger partial charge >= 0.3 is 0 Å². The SMILES string of the molecule is c1ccc(-c2nc(-c3ccc(-c4ccc5c(c4)C(c4ccc6ccccc6c4)(c4ccc6ccccc6c4)c4ccccc4O5)cc3)c3ccccc3n2)cc1. The summed E-state index contributed by atoms with van der Waals surface area (Å²) < 4.78 is 6.79. The molecule has 0 saturated heterocycles. The van der Waals surface area contributed by atoms with Crippen LogP contribution in [0.4, 0.5) is 0 Å². The minimum Gasteiger partial charge on any atom is -0.457 e. The standard InChI is InChI=1S/C53H34N2O/c1-2-14-39(15-3-1)52-54-48-20-10-8-18-45(48)51(55-52)38-24-22-37(23-25-38)42-28-31-50-47(34-42)53(46-19-9-11-21-49(46)56-50,43-29-26-35-12-4-6-16-40(35)32-43)44-30-27-36-13-5-7-17-41(36)33-44/h1-34H. The van der Waals surface area contributed by atoms with Crippen LogP contribution in [0.3, 0.4) is 0 Å². The molecule has 2 heterocycles. The maximum Gasteiger partial charge on any atom is 0.160 e. The lowest BCUT2D eigenvalue weighted by Crippen LogP contribution is -2.34. The van der Waals surface area contributed by atoms with E-state index in [2.05, 4.69) is 182 Å². The van der Waals surface area contributed by atoms with E-state index in [-0.39, 0.29) is 0 Å². The summed E-state index contributed by atoms with van der Waals surface area (Å²) in [6, 6.07) is 73.5. The molecule has 262 valence electrons. The number of rotatable bonds is 5. The first kappa shape index (κ1) is 32.1. The lowest BCUT2D eigenvalue weighted by molar-refractivity contribution is 0.435. The Morgan fingerprint density at radius 2 is 0.929 bits per heavy atom. The summed E-state index contributed by atoms with van der Waals surface area (Å²) in [5.74, 6) is 2.44. The molecule has 1 aliphatic heterocycles. The normalized spacial score (nSPS) is 12.9. The number of hydrogen-bond acceptors (Lipinski definition) is 3. The van der Waals surface area contributed by atoms with Gasteiger partial charge in [-0.2, -0.15) is 0 Å². The summed E-state index contributed by atoms with van der Waals surface area (Å²) in [7, 11) is 0. The zero-order chi connectivity index (χ0) is 37.1. The highest BCUT2D eigenvalue weighted by Gasteiger charge is 2.45. The fraction of sp³-hybridized carbons (Fsp3) is 0.0189. The molecule has 11 rings (SSSR count). The van der Waals surface area contributed by atoms with E-state index >= 15 is 0 Å². The van der Waals surface area contributed by atoms with Gasteiger partial charge in [-0.15, -0.1) is 0 Å². The quantitative estimate of drug-likeness (QED) is 0.178. The van der Waals surface area contributed by atoms with Gasteiger partial charge in [0.1, 0.15) is 11.5 Å². The molecule has 1 aliphatic rings. The fourth-order valence-electron chi connectivity index (χ4n) is 8.69. The van der Waals surface area contributed by atoms with E-state index in [0.717, 1.165) is 67.3 Å². The lowest BCUT2D eigenvalue weighted by atomic mass is 9.63. The molecule has 0 fully saturated rings. The van der Waals surface area contributed by atoms with Gasteiger partial charge < -0.3 is 4.74 Å². The molecule has 0 spiro atoms. The predicted octanol–water partition coefficient (Wildman–Crippen LogP) is 13.4. The number of fused-ring (bicyclic) bond motifs is 5. The first-order chi connectivity index (χ1) is 27.7. The van der Waals surface area contributed by atoms with E-state index in [9.17, 15) is 0 Å². The fourth-order valence-corrected chi connectivity index (χ4v) is 8.69. The van der Waals surface area contributed by atoms with Crippen LogP contribution in [0.25, 0.3) is 66.2 Å². The second-order valence-corrected chi connectivity index (χ2v) is 14.5. The molecule has 3 nitrogen and oxygen atoms in total. The van der Waals surface area contributed by atoms with Crippen LogP contribution in [0.1, 0.15) is 22.3 Å². The molecule has 0 bridgehead atoms. The highest BCUT2D eigenvalue weighted by Crippen LogP contribution is 2.56. The van der Waals surface area contributed by atoms with Gasteiger partial charge in [-0.05, 0) is 80.2 Å². The van der Waals surface area contributed by atoms with Crippen LogP contribution in [0.5, 0.6) is 11.5 Å². The molecular formula is C53H34N2O. The molecular weight excluding hydrogens is 681 g/mol. The smallest absolute Gasteiger partial charge is 0.160 e. The number of nitrogens with zero attached hydrogens (tertiary/aromatic N) is 2. The second-order valence-electron chi connectivity index (χ2n) is 14.5. The number of aromatic nitrogens is 2. The zero-order valence-electron chi connectivity index (χ0n) is 30.4. The molecule has 0 atom stereocenters. The predicted molar refractivity (Wildman–Crippen MR) is 229 cm³/mol. The van der Waals surface area contributed by atoms with E-state index in [1.165, 1.54) is 32.7 Å². The van der Waals surface area contributed by atoms with Gasteiger partial charge in [0.05, 0.1) is 16.6 Å². The minimum atomic E-state index is -0.665. The van der Waals surface area contributed by atoms with Crippen molar-refractivity contribution in [3.63, 3.8) is 0 Å². The Labute approximate surface area is 325 Å². The van der Waals surface area contributed by atoms with Crippen LogP contribution >= 0.6 is 0 Å². The van der Waals surface area contributed by atoms with Crippen LogP contribution in [0, 0.1) is 0 Å². The molecule has 0 saturated carbocycles. The Bertz CT molecular complexity index is 3040. The van der Waals surface area contributed by atoms with Crippen molar-refractivity contribution in [2.45, 2.75) is 5.41 Å². The second kappa shape index (κ2) is 12.9. The molecule has 56 heavy (non-hydrogen) atoms. The van der Waals surface area contributed by atoms with E-state index in [1.807, 2.05) is 24.3 Å². The van der Waals surface area contributed by atoms with Crippen LogP contribution in [0.15, 0.2) is 206 Å². The number of benzene rings is 9. The van der Waals surface area contributed by atoms with E-state index in [4.69, 9.17) is 14.7 Å². The Morgan fingerprint density at radius 3 is 1.66 bits per heavy atom. The van der Waals surface area contributed by atoms with Gasteiger partial charge in [0.2, 0.25) is 0 Å². The lowest BCUT2D eigenvalue weighted by Gasteiger charge is -2.42. The summed E-state index contributed by atoms with van der Waals surface area (Å²) in [6.45, 7) is 0. The maximum absolute atomic E-state index is 6.79. The highest BCUT2D eigenvalue weighted by atomic mass is 16.5. The Balaban J connectivity index is 1.11. The molecule has 9 aromatic carbocycles. The summed E-state index contributed by atoms with van der Waals surface area (Å²) >= 11 is 0. The van der Waals surface area contributed by atoms with Crippen molar-refractivity contribution in [1.82, 2.24) is 9.97 Å². The maximum atomic E-state index is 6.79. The summed E-state index contributed by atoms with van der Waals surface area (Å²) in [4.78, 5) is 10.1. The van der Waals surface area contributed by atoms with Crippen LogP contribution < -0.4 is 4.74 Å². The molecule has 0 N–H and O–H groups in total. The van der Waals surface area contributed by atoms with Crippen molar-refractivity contribution >= 4 is 32.4 Å². The minimum absolute atomic E-state index is 0.665. The van der Waals surface area contributed by atoms with E-state index in [0.29, 0.717) is 0 Å². The van der Waals surface area contributed by atoms with E-state index < -0.39 is 5.41 Å². The Kier molecular flexibility index (Phi) is 7.39. The van der Waals surface area contributed by atoms with E-state index in [1.54, 1.807) is 0 Å². The number of ether oxygens (including phenoxy) is 1. The summed E-state index contributed by atoms with van der Waals surface area (Å²) in [6.07, 6.45) is 0. The van der Waals surface area contributed by atoms with Crippen LogP contribution in [-0.2, 0) is 5.41 Å². The van der Waals surface area contributed by atoms with Crippen molar-refractivity contribution < 1.29 is 4.74 Å². The third-order valence-electron chi connectivity index (χ3n) is 11.4. The molecule has 0 unspecified atom stereocenters.